The number of hydrogen-bond acceptors (Lipinski definition) is 2. The molecule has 0 radical (unpaired) electrons. The predicted octanol–water partition coefficient (Wildman–Crippen LogP) is 4.77. The molecule has 0 aliphatic carbocycles. The highest BCUT2D eigenvalue weighted by Crippen LogP contribution is 2.18. The molecule has 4 nitrogen and oxygen atoms in total. The summed E-state index contributed by atoms with van der Waals surface area (Å²) >= 11 is 0. The van der Waals surface area contributed by atoms with Gasteiger partial charge in [0.25, 0.3) is 0 Å². The van der Waals surface area contributed by atoms with Gasteiger partial charge in [-0.25, -0.2) is 4.99 Å². The van der Waals surface area contributed by atoms with Gasteiger partial charge in [0, 0.05) is 18.8 Å². The lowest BCUT2D eigenvalue weighted by molar-refractivity contribution is 0.176. The number of guanidine groups is 1. The maximum absolute atomic E-state index is 5.99. The van der Waals surface area contributed by atoms with E-state index in [1.165, 1.54) is 42.6 Å². The zero-order valence-electron chi connectivity index (χ0n) is 16.3. The minimum Gasteiger partial charge on any atom is -0.370 e. The van der Waals surface area contributed by atoms with Crippen LogP contribution >= 0.6 is 24.0 Å². The van der Waals surface area contributed by atoms with Crippen LogP contribution in [0.4, 0.5) is 5.69 Å². The molecule has 1 fully saturated rings. The van der Waals surface area contributed by atoms with Crippen LogP contribution in [0.25, 0.3) is 0 Å². The molecular weight excluding hydrogens is 447 g/mol. The number of aliphatic imine (C=N–C) groups is 1. The second-order valence-corrected chi connectivity index (χ2v) is 7.49. The molecule has 1 aliphatic rings. The van der Waals surface area contributed by atoms with Crippen LogP contribution in [0.1, 0.15) is 36.5 Å². The van der Waals surface area contributed by atoms with E-state index in [0.29, 0.717) is 12.5 Å². The first-order valence-corrected chi connectivity index (χ1v) is 9.52. The first-order chi connectivity index (χ1) is 12.6. The van der Waals surface area contributed by atoms with Crippen LogP contribution < -0.4 is 11.1 Å². The van der Waals surface area contributed by atoms with Crippen LogP contribution in [-0.4, -0.2) is 23.9 Å². The van der Waals surface area contributed by atoms with E-state index in [1.54, 1.807) is 0 Å². The number of nitrogens with zero attached hydrogens (tertiary/aromatic N) is 2. The van der Waals surface area contributed by atoms with Gasteiger partial charge in [0.05, 0.1) is 6.54 Å². The molecule has 1 unspecified atom stereocenters. The van der Waals surface area contributed by atoms with E-state index in [4.69, 9.17) is 5.73 Å². The lowest BCUT2D eigenvalue weighted by Gasteiger charge is -2.30. The number of halogens is 1. The predicted molar refractivity (Wildman–Crippen MR) is 126 cm³/mol. The monoisotopic (exact) mass is 478 g/mol. The molecule has 3 N–H and O–H groups in total. The van der Waals surface area contributed by atoms with Gasteiger partial charge in [0.1, 0.15) is 0 Å². The molecule has 0 bridgehead atoms. The molecule has 1 heterocycles. The summed E-state index contributed by atoms with van der Waals surface area (Å²) in [5, 5.41) is 3.13. The molecule has 27 heavy (non-hydrogen) atoms. The van der Waals surface area contributed by atoms with Crippen LogP contribution in [0.3, 0.4) is 0 Å². The van der Waals surface area contributed by atoms with Crippen molar-refractivity contribution in [3.63, 3.8) is 0 Å². The second-order valence-electron chi connectivity index (χ2n) is 7.49. The van der Waals surface area contributed by atoms with Gasteiger partial charge in [-0.3, -0.25) is 4.90 Å². The molecule has 1 atom stereocenters. The van der Waals surface area contributed by atoms with Crippen molar-refractivity contribution in [1.29, 1.82) is 0 Å². The van der Waals surface area contributed by atoms with Crippen molar-refractivity contribution in [1.82, 2.24) is 4.90 Å². The Kier molecular flexibility index (Phi) is 8.57. The standard InChI is InChI=1S/C22H30N4.HI/c1-17-5-11-21(12-6-17)25-22(23)24-14-19-7-9-20(10-8-19)16-26-13-3-4-18(2)15-26;/h5-12,18H,3-4,13-16H2,1-2H3,(H3,23,24,25);1H. The summed E-state index contributed by atoms with van der Waals surface area (Å²) in [5.74, 6) is 1.27. The van der Waals surface area contributed by atoms with Crippen molar-refractivity contribution in [2.75, 3.05) is 18.4 Å². The Morgan fingerprint density at radius 3 is 2.44 bits per heavy atom. The fourth-order valence-corrected chi connectivity index (χ4v) is 3.44. The number of anilines is 1. The molecule has 2 aromatic rings. The fraction of sp³-hybridized carbons (Fsp3) is 0.409. The van der Waals surface area contributed by atoms with E-state index in [9.17, 15) is 0 Å². The third-order valence-electron chi connectivity index (χ3n) is 4.93. The first-order valence-electron chi connectivity index (χ1n) is 9.52. The van der Waals surface area contributed by atoms with Crippen LogP contribution in [0, 0.1) is 12.8 Å². The Morgan fingerprint density at radius 1 is 1.11 bits per heavy atom. The quantitative estimate of drug-likeness (QED) is 0.370. The fourth-order valence-electron chi connectivity index (χ4n) is 3.44. The Morgan fingerprint density at radius 2 is 1.78 bits per heavy atom. The highest BCUT2D eigenvalue weighted by atomic mass is 127. The Bertz CT molecular complexity index is 725. The lowest BCUT2D eigenvalue weighted by Crippen LogP contribution is -2.33. The zero-order valence-corrected chi connectivity index (χ0v) is 18.6. The van der Waals surface area contributed by atoms with Crippen LogP contribution in [0.5, 0.6) is 0 Å². The van der Waals surface area contributed by atoms with Crippen molar-refractivity contribution >= 4 is 35.6 Å². The van der Waals surface area contributed by atoms with Gasteiger partial charge in [0.2, 0.25) is 0 Å². The highest BCUT2D eigenvalue weighted by molar-refractivity contribution is 14.0. The van der Waals surface area contributed by atoms with Crippen molar-refractivity contribution in [3.8, 4) is 0 Å². The molecular formula is C22H31IN4. The number of likely N-dealkylation sites (tertiary alicyclic amines) is 1. The molecule has 5 heteroatoms. The number of piperidine rings is 1. The Hall–Kier alpha value is -1.60. The normalized spacial score (nSPS) is 18.0. The Labute approximate surface area is 180 Å². The summed E-state index contributed by atoms with van der Waals surface area (Å²) in [4.78, 5) is 7.00. The summed E-state index contributed by atoms with van der Waals surface area (Å²) in [6.07, 6.45) is 2.69. The third kappa shape index (κ3) is 7.14. The zero-order chi connectivity index (χ0) is 18.4. The van der Waals surface area contributed by atoms with Gasteiger partial charge >= 0.3 is 0 Å². The largest absolute Gasteiger partial charge is 0.370 e. The maximum Gasteiger partial charge on any atom is 0.193 e. The van der Waals surface area contributed by atoms with Crippen LogP contribution in [0.2, 0.25) is 0 Å². The van der Waals surface area contributed by atoms with E-state index in [1.807, 2.05) is 12.1 Å². The Balaban J connectivity index is 0.00000261. The number of nitrogens with one attached hydrogen (secondary N) is 1. The number of hydrogen-bond donors (Lipinski definition) is 2. The topological polar surface area (TPSA) is 53.6 Å². The van der Waals surface area contributed by atoms with Gasteiger partial charge < -0.3 is 11.1 Å². The van der Waals surface area contributed by atoms with Gasteiger partial charge in [-0.1, -0.05) is 48.9 Å². The first kappa shape index (κ1) is 21.7. The van der Waals surface area contributed by atoms with E-state index in [-0.39, 0.29) is 24.0 Å². The number of benzene rings is 2. The number of rotatable bonds is 5. The third-order valence-corrected chi connectivity index (χ3v) is 4.93. The van der Waals surface area contributed by atoms with Gasteiger partial charge in [-0.15, -0.1) is 24.0 Å². The molecule has 1 saturated heterocycles. The van der Waals surface area contributed by atoms with E-state index >= 15 is 0 Å². The summed E-state index contributed by atoms with van der Waals surface area (Å²) < 4.78 is 0. The minimum atomic E-state index is 0. The van der Waals surface area contributed by atoms with E-state index in [0.717, 1.165) is 18.2 Å². The van der Waals surface area contributed by atoms with E-state index in [2.05, 4.69) is 65.5 Å². The molecule has 2 aromatic carbocycles. The lowest BCUT2D eigenvalue weighted by atomic mass is 9.99. The molecule has 0 saturated carbocycles. The van der Waals surface area contributed by atoms with Crippen molar-refractivity contribution in [2.24, 2.45) is 16.6 Å². The molecule has 146 valence electrons. The van der Waals surface area contributed by atoms with E-state index < -0.39 is 0 Å². The summed E-state index contributed by atoms with van der Waals surface area (Å²) in [7, 11) is 0. The van der Waals surface area contributed by atoms with Gasteiger partial charge in [-0.05, 0) is 55.5 Å². The summed E-state index contributed by atoms with van der Waals surface area (Å²) in [5.41, 5.74) is 10.7. The minimum absolute atomic E-state index is 0. The highest BCUT2D eigenvalue weighted by Gasteiger charge is 2.15. The second kappa shape index (κ2) is 10.7. The SMILES string of the molecule is Cc1ccc(NC(N)=NCc2ccc(CN3CCCC(C)C3)cc2)cc1.I. The van der Waals surface area contributed by atoms with Crippen molar-refractivity contribution in [2.45, 2.75) is 39.8 Å². The molecule has 3 rings (SSSR count). The molecule has 0 aromatic heterocycles. The van der Waals surface area contributed by atoms with Crippen LogP contribution in [0.15, 0.2) is 53.5 Å². The van der Waals surface area contributed by atoms with Gasteiger partial charge in [-0.2, -0.15) is 0 Å². The summed E-state index contributed by atoms with van der Waals surface area (Å²) in [6, 6.07) is 16.9. The molecule has 1 aliphatic heterocycles. The molecule has 0 spiro atoms. The number of aryl methyl sites for hydroxylation is 1. The smallest absolute Gasteiger partial charge is 0.193 e. The van der Waals surface area contributed by atoms with Crippen molar-refractivity contribution < 1.29 is 0 Å². The van der Waals surface area contributed by atoms with Gasteiger partial charge in [0.15, 0.2) is 5.96 Å². The van der Waals surface area contributed by atoms with Crippen molar-refractivity contribution in [3.05, 3.63) is 65.2 Å². The molecule has 0 amide bonds. The van der Waals surface area contributed by atoms with Crippen LogP contribution in [-0.2, 0) is 13.1 Å². The average Bonchev–Trinajstić information content (AvgIpc) is 2.63. The number of nitrogens with two attached hydrogens (primary N) is 1. The summed E-state index contributed by atoms with van der Waals surface area (Å²) in [6.45, 7) is 8.49. The average molecular weight is 478 g/mol. The maximum atomic E-state index is 5.99.